The van der Waals surface area contributed by atoms with Crippen LogP contribution in [0.25, 0.3) is 0 Å². The fourth-order valence-electron chi connectivity index (χ4n) is 2.86. The van der Waals surface area contributed by atoms with Crippen molar-refractivity contribution < 1.29 is 17.9 Å². The zero-order valence-corrected chi connectivity index (χ0v) is 18.7. The van der Waals surface area contributed by atoms with Crippen LogP contribution in [0.15, 0.2) is 29.3 Å². The summed E-state index contributed by atoms with van der Waals surface area (Å²) >= 11 is 1.83. The van der Waals surface area contributed by atoms with E-state index >= 15 is 0 Å². The van der Waals surface area contributed by atoms with Crippen molar-refractivity contribution in [1.82, 2.24) is 10.2 Å². The maximum absolute atomic E-state index is 12.9. The van der Waals surface area contributed by atoms with Crippen LogP contribution in [0.3, 0.4) is 0 Å². The molecule has 0 amide bonds. The molecule has 1 heterocycles. The van der Waals surface area contributed by atoms with Crippen LogP contribution in [0.5, 0.6) is 0 Å². The summed E-state index contributed by atoms with van der Waals surface area (Å²) in [5.41, 5.74) is -0.105. The lowest BCUT2D eigenvalue weighted by molar-refractivity contribution is -0.137. The molecule has 0 aliphatic carbocycles. The van der Waals surface area contributed by atoms with Crippen LogP contribution in [0.2, 0.25) is 0 Å². The highest BCUT2D eigenvalue weighted by atomic mass is 127. The van der Waals surface area contributed by atoms with E-state index in [0.717, 1.165) is 37.2 Å². The Morgan fingerprint density at radius 1 is 1.37 bits per heavy atom. The molecule has 1 unspecified atom stereocenters. The number of ether oxygens (including phenoxy) is 1. The number of alkyl halides is 3. The Labute approximate surface area is 180 Å². The summed E-state index contributed by atoms with van der Waals surface area (Å²) in [6, 6.07) is 5.37. The van der Waals surface area contributed by atoms with E-state index in [1.54, 1.807) is 13.1 Å². The number of unbranched alkanes of at least 4 members (excludes halogenated alkanes) is 1. The Kier molecular flexibility index (Phi) is 10.8. The summed E-state index contributed by atoms with van der Waals surface area (Å²) in [5.74, 6) is 1.91. The van der Waals surface area contributed by atoms with E-state index in [1.807, 2.05) is 16.7 Å². The molecule has 0 spiro atoms. The van der Waals surface area contributed by atoms with Crippen LogP contribution >= 0.6 is 35.7 Å². The van der Waals surface area contributed by atoms with Crippen molar-refractivity contribution in [2.24, 2.45) is 4.99 Å². The minimum absolute atomic E-state index is 0. The Morgan fingerprint density at radius 3 is 2.81 bits per heavy atom. The largest absolute Gasteiger partial charge is 0.416 e. The number of aliphatic imine (C=N–C) groups is 1. The smallest absolute Gasteiger partial charge is 0.370 e. The lowest BCUT2D eigenvalue weighted by atomic mass is 10.0. The fraction of sp³-hybridized carbons (Fsp3) is 0.611. The predicted octanol–water partition coefficient (Wildman–Crippen LogP) is 4.42. The molecule has 0 bridgehead atoms. The summed E-state index contributed by atoms with van der Waals surface area (Å²) in [7, 11) is 1.72. The van der Waals surface area contributed by atoms with Crippen LogP contribution < -0.4 is 5.32 Å². The average molecular weight is 517 g/mol. The summed E-state index contributed by atoms with van der Waals surface area (Å²) in [5, 5.41) is 3.34. The highest BCUT2D eigenvalue weighted by Gasteiger charge is 2.32. The third-order valence-electron chi connectivity index (χ3n) is 4.22. The first-order valence-electron chi connectivity index (χ1n) is 8.69. The van der Waals surface area contributed by atoms with Gasteiger partial charge < -0.3 is 15.0 Å². The standard InChI is InChI=1S/C18H26F3N3OS.HI/c1-22-17(23-8-3-4-11-26-2)24-9-10-25-16(13-24)14-6-5-7-15(12-14)18(19,20)21;/h5-7,12,16H,3-4,8-11,13H2,1-2H3,(H,22,23);1H. The molecular weight excluding hydrogens is 490 g/mol. The molecule has 1 fully saturated rings. The van der Waals surface area contributed by atoms with Gasteiger partial charge in [-0.25, -0.2) is 0 Å². The monoisotopic (exact) mass is 517 g/mol. The van der Waals surface area contributed by atoms with E-state index in [4.69, 9.17) is 4.74 Å². The van der Waals surface area contributed by atoms with Crippen molar-refractivity contribution >= 4 is 41.7 Å². The van der Waals surface area contributed by atoms with Gasteiger partial charge in [-0.3, -0.25) is 4.99 Å². The van der Waals surface area contributed by atoms with Crippen LogP contribution in [0, 0.1) is 0 Å². The second-order valence-corrected chi connectivity index (χ2v) is 7.09. The van der Waals surface area contributed by atoms with Gasteiger partial charge in [-0.1, -0.05) is 12.1 Å². The molecule has 9 heteroatoms. The number of rotatable bonds is 6. The SMILES string of the molecule is CN=C(NCCCCSC)N1CCOC(c2cccc(C(F)(F)F)c2)C1.I. The Balaban J connectivity index is 0.00000364. The van der Waals surface area contributed by atoms with Crippen LogP contribution in [0.4, 0.5) is 13.2 Å². The number of guanidine groups is 1. The Hall–Kier alpha value is -0.680. The van der Waals surface area contributed by atoms with E-state index in [9.17, 15) is 13.2 Å². The quantitative estimate of drug-likeness (QED) is 0.263. The molecule has 1 aromatic carbocycles. The first-order valence-corrected chi connectivity index (χ1v) is 10.1. The molecule has 1 atom stereocenters. The Bertz CT molecular complexity index is 601. The van der Waals surface area contributed by atoms with E-state index in [0.29, 0.717) is 25.3 Å². The van der Waals surface area contributed by atoms with Crippen molar-refractivity contribution in [2.45, 2.75) is 25.1 Å². The normalized spacial score (nSPS) is 18.2. The van der Waals surface area contributed by atoms with Crippen molar-refractivity contribution in [3.63, 3.8) is 0 Å². The second kappa shape index (κ2) is 12.0. The number of benzene rings is 1. The summed E-state index contributed by atoms with van der Waals surface area (Å²) in [6.07, 6.45) is -0.462. The van der Waals surface area contributed by atoms with Gasteiger partial charge in [0.05, 0.1) is 18.7 Å². The van der Waals surface area contributed by atoms with Crippen molar-refractivity contribution in [1.29, 1.82) is 0 Å². The predicted molar refractivity (Wildman–Crippen MR) is 116 cm³/mol. The van der Waals surface area contributed by atoms with Crippen molar-refractivity contribution in [3.8, 4) is 0 Å². The average Bonchev–Trinajstić information content (AvgIpc) is 2.64. The zero-order chi connectivity index (χ0) is 19.0. The second-order valence-electron chi connectivity index (χ2n) is 6.10. The minimum atomic E-state index is -4.35. The van der Waals surface area contributed by atoms with Crippen molar-refractivity contribution in [2.75, 3.05) is 45.3 Å². The molecule has 0 aromatic heterocycles. The Morgan fingerprint density at radius 2 is 2.15 bits per heavy atom. The number of thioether (sulfide) groups is 1. The first kappa shape index (κ1) is 24.4. The van der Waals surface area contributed by atoms with Crippen molar-refractivity contribution in [3.05, 3.63) is 35.4 Å². The van der Waals surface area contributed by atoms with Gasteiger partial charge in [-0.2, -0.15) is 24.9 Å². The number of hydrogen-bond donors (Lipinski definition) is 1. The summed E-state index contributed by atoms with van der Waals surface area (Å²) in [4.78, 5) is 6.35. The van der Waals surface area contributed by atoms with Gasteiger partial charge in [0.1, 0.15) is 6.10 Å². The topological polar surface area (TPSA) is 36.9 Å². The number of nitrogens with zero attached hydrogens (tertiary/aromatic N) is 2. The van der Waals surface area contributed by atoms with Crippen LogP contribution in [0.1, 0.15) is 30.1 Å². The highest BCUT2D eigenvalue weighted by molar-refractivity contribution is 14.0. The third kappa shape index (κ3) is 7.69. The lowest BCUT2D eigenvalue weighted by Crippen LogP contribution is -2.48. The lowest BCUT2D eigenvalue weighted by Gasteiger charge is -2.35. The number of halogens is 4. The van der Waals surface area contributed by atoms with Crippen LogP contribution in [-0.4, -0.2) is 56.2 Å². The molecule has 4 nitrogen and oxygen atoms in total. The molecule has 1 N–H and O–H groups in total. The first-order chi connectivity index (χ1) is 12.5. The van der Waals surface area contributed by atoms with Gasteiger partial charge in [0.2, 0.25) is 0 Å². The number of nitrogens with one attached hydrogen (secondary N) is 1. The molecule has 1 aliphatic rings. The molecule has 1 saturated heterocycles. The summed E-state index contributed by atoms with van der Waals surface area (Å²) < 4.78 is 44.5. The van der Waals surface area contributed by atoms with Gasteiger partial charge in [0.15, 0.2) is 5.96 Å². The van der Waals surface area contributed by atoms with Crippen LogP contribution in [-0.2, 0) is 10.9 Å². The third-order valence-corrected chi connectivity index (χ3v) is 4.92. The molecule has 154 valence electrons. The van der Waals surface area contributed by atoms with Gasteiger partial charge in [0, 0.05) is 20.1 Å². The fourth-order valence-corrected chi connectivity index (χ4v) is 3.36. The molecule has 1 aromatic rings. The van der Waals surface area contributed by atoms with Gasteiger partial charge in [0.25, 0.3) is 0 Å². The maximum Gasteiger partial charge on any atom is 0.416 e. The number of morpholine rings is 1. The van der Waals surface area contributed by atoms with Gasteiger partial charge >= 0.3 is 6.18 Å². The van der Waals surface area contributed by atoms with E-state index in [-0.39, 0.29) is 24.0 Å². The molecule has 0 radical (unpaired) electrons. The van der Waals surface area contributed by atoms with Gasteiger partial charge in [-0.15, -0.1) is 24.0 Å². The van der Waals surface area contributed by atoms with E-state index in [1.165, 1.54) is 12.1 Å². The molecule has 0 saturated carbocycles. The van der Waals surface area contributed by atoms with E-state index < -0.39 is 17.8 Å². The highest BCUT2D eigenvalue weighted by Crippen LogP contribution is 2.32. The molecule has 2 rings (SSSR count). The molecular formula is C18H27F3IN3OS. The number of hydrogen-bond acceptors (Lipinski definition) is 3. The summed E-state index contributed by atoms with van der Waals surface area (Å²) in [6.45, 7) is 2.43. The minimum Gasteiger partial charge on any atom is -0.370 e. The zero-order valence-electron chi connectivity index (χ0n) is 15.6. The van der Waals surface area contributed by atoms with E-state index in [2.05, 4.69) is 16.6 Å². The van der Waals surface area contributed by atoms with Gasteiger partial charge in [-0.05, 0) is 42.5 Å². The molecule has 1 aliphatic heterocycles. The molecule has 27 heavy (non-hydrogen) atoms. The maximum atomic E-state index is 12.9.